The Balaban J connectivity index is 0.00000625. The van der Waals surface area contributed by atoms with Crippen LogP contribution in [-0.2, 0) is 9.53 Å². The number of carbonyl (C=O) groups excluding carboxylic acids is 2. The van der Waals surface area contributed by atoms with Crippen LogP contribution in [-0.4, -0.2) is 80.7 Å². The summed E-state index contributed by atoms with van der Waals surface area (Å²) in [5.41, 5.74) is 0.977. The molecule has 0 unspecified atom stereocenters. The molecule has 1 rings (SSSR count). The van der Waals surface area contributed by atoms with Gasteiger partial charge in [-0.1, -0.05) is 12.2 Å². The number of likely N-dealkylation sites (N-methyl/N-ethyl adjacent to an activating group) is 1. The number of halogens is 1. The Morgan fingerprint density at radius 2 is 1.92 bits per heavy atom. The maximum Gasteiger partial charge on any atom is 0.409 e. The fourth-order valence-corrected chi connectivity index (χ4v) is 2.29. The Morgan fingerprint density at radius 3 is 2.42 bits per heavy atom. The zero-order valence-corrected chi connectivity index (χ0v) is 18.5. The summed E-state index contributed by atoms with van der Waals surface area (Å²) in [6.45, 7) is 9.93. The molecule has 0 aliphatic carbocycles. The molecule has 0 radical (unpaired) electrons. The van der Waals surface area contributed by atoms with Crippen LogP contribution in [0.2, 0.25) is 0 Å². The second kappa shape index (κ2) is 12.8. The number of piperidine rings is 1. The smallest absolute Gasteiger partial charge is 0.409 e. The van der Waals surface area contributed by atoms with Crippen LogP contribution in [0.4, 0.5) is 4.79 Å². The summed E-state index contributed by atoms with van der Waals surface area (Å²) >= 11 is 0. The third-order valence-corrected chi connectivity index (χ3v) is 3.79. The molecule has 2 amide bonds. The normalized spacial score (nSPS) is 14.9. The lowest BCUT2D eigenvalue weighted by atomic mass is 10.1. The van der Waals surface area contributed by atoms with Gasteiger partial charge in [-0.2, -0.15) is 0 Å². The summed E-state index contributed by atoms with van der Waals surface area (Å²) in [5, 5.41) is 6.52. The number of likely N-dealkylation sites (tertiary alicyclic amines) is 1. The minimum absolute atomic E-state index is 0. The molecule has 0 saturated carbocycles. The van der Waals surface area contributed by atoms with E-state index in [1.165, 1.54) is 4.90 Å². The number of aliphatic imine (C=N–C) groups is 1. The SMILES string of the molecule is C=C(C)CNC(=NCC(=O)N(C)C)NC1CCN(C(=O)OCC)CC1.I. The van der Waals surface area contributed by atoms with E-state index in [1.54, 1.807) is 25.9 Å². The van der Waals surface area contributed by atoms with Crippen LogP contribution in [0.5, 0.6) is 0 Å². The van der Waals surface area contributed by atoms with Crippen molar-refractivity contribution in [3.05, 3.63) is 12.2 Å². The first-order valence-electron chi connectivity index (χ1n) is 8.64. The Labute approximate surface area is 173 Å². The van der Waals surface area contributed by atoms with Crippen molar-refractivity contribution in [1.29, 1.82) is 0 Å². The van der Waals surface area contributed by atoms with Crippen molar-refractivity contribution in [1.82, 2.24) is 20.4 Å². The summed E-state index contributed by atoms with van der Waals surface area (Å²) in [5.74, 6) is 0.529. The lowest BCUT2D eigenvalue weighted by molar-refractivity contribution is -0.127. The topological polar surface area (TPSA) is 86.3 Å². The van der Waals surface area contributed by atoms with Crippen LogP contribution in [0, 0.1) is 0 Å². The van der Waals surface area contributed by atoms with Crippen LogP contribution in [0.25, 0.3) is 0 Å². The molecule has 0 atom stereocenters. The highest BCUT2D eigenvalue weighted by atomic mass is 127. The van der Waals surface area contributed by atoms with Crippen LogP contribution >= 0.6 is 24.0 Å². The van der Waals surface area contributed by atoms with E-state index >= 15 is 0 Å². The monoisotopic (exact) mass is 481 g/mol. The predicted molar refractivity (Wildman–Crippen MR) is 114 cm³/mol. The van der Waals surface area contributed by atoms with Gasteiger partial charge in [0, 0.05) is 39.8 Å². The predicted octanol–water partition coefficient (Wildman–Crippen LogP) is 1.42. The van der Waals surface area contributed by atoms with Gasteiger partial charge in [0.1, 0.15) is 6.54 Å². The van der Waals surface area contributed by atoms with Gasteiger partial charge < -0.3 is 25.2 Å². The summed E-state index contributed by atoms with van der Waals surface area (Å²) in [6.07, 6.45) is 1.34. The molecular weight excluding hydrogens is 449 g/mol. The van der Waals surface area contributed by atoms with Crippen molar-refractivity contribution in [2.75, 3.05) is 46.9 Å². The van der Waals surface area contributed by atoms with Gasteiger partial charge in [-0.25, -0.2) is 9.79 Å². The van der Waals surface area contributed by atoms with Crippen molar-refractivity contribution in [2.24, 2.45) is 4.99 Å². The number of hydrogen-bond donors (Lipinski definition) is 2. The van der Waals surface area contributed by atoms with Gasteiger partial charge in [-0.05, 0) is 26.7 Å². The molecule has 26 heavy (non-hydrogen) atoms. The highest BCUT2D eigenvalue weighted by Crippen LogP contribution is 2.11. The molecule has 9 heteroatoms. The minimum atomic E-state index is -0.258. The summed E-state index contributed by atoms with van der Waals surface area (Å²) in [7, 11) is 3.41. The van der Waals surface area contributed by atoms with Gasteiger partial charge in [-0.15, -0.1) is 24.0 Å². The van der Waals surface area contributed by atoms with E-state index in [1.807, 2.05) is 6.92 Å². The maximum absolute atomic E-state index is 11.7. The standard InChI is InChI=1S/C17H31N5O3.HI/c1-6-25-17(24)22-9-7-14(8-10-22)20-16(18-11-13(2)3)19-12-15(23)21(4)5;/h14H,2,6-12H2,1,3-5H3,(H2,18,19,20);1H. The van der Waals surface area contributed by atoms with E-state index in [-0.39, 0.29) is 48.6 Å². The Bertz CT molecular complexity index is 503. The van der Waals surface area contributed by atoms with Gasteiger partial charge in [0.25, 0.3) is 0 Å². The van der Waals surface area contributed by atoms with Crippen LogP contribution in [0.1, 0.15) is 26.7 Å². The van der Waals surface area contributed by atoms with E-state index in [0.717, 1.165) is 18.4 Å². The number of carbonyl (C=O) groups is 2. The Kier molecular flexibility index (Phi) is 12.0. The number of amides is 2. The van der Waals surface area contributed by atoms with Crippen molar-refractivity contribution in [2.45, 2.75) is 32.7 Å². The van der Waals surface area contributed by atoms with Crippen LogP contribution < -0.4 is 10.6 Å². The largest absolute Gasteiger partial charge is 0.450 e. The third kappa shape index (κ3) is 9.25. The Hall–Kier alpha value is -1.52. The molecule has 1 heterocycles. The van der Waals surface area contributed by atoms with E-state index in [0.29, 0.717) is 32.2 Å². The van der Waals surface area contributed by atoms with E-state index < -0.39 is 0 Å². The minimum Gasteiger partial charge on any atom is -0.450 e. The van der Waals surface area contributed by atoms with Gasteiger partial charge in [0.2, 0.25) is 5.91 Å². The molecule has 8 nitrogen and oxygen atoms in total. The lowest BCUT2D eigenvalue weighted by Gasteiger charge is -2.32. The first-order valence-corrected chi connectivity index (χ1v) is 8.64. The molecule has 0 aromatic carbocycles. The lowest BCUT2D eigenvalue weighted by Crippen LogP contribution is -2.50. The van der Waals surface area contributed by atoms with E-state index in [4.69, 9.17) is 4.74 Å². The Morgan fingerprint density at radius 1 is 1.31 bits per heavy atom. The van der Waals surface area contributed by atoms with Gasteiger partial charge in [0.05, 0.1) is 6.61 Å². The average Bonchev–Trinajstić information content (AvgIpc) is 2.57. The quantitative estimate of drug-likeness (QED) is 0.260. The number of rotatable bonds is 6. The molecule has 0 spiro atoms. The zero-order chi connectivity index (χ0) is 18.8. The third-order valence-electron chi connectivity index (χ3n) is 3.79. The van der Waals surface area contributed by atoms with Crippen molar-refractivity contribution >= 4 is 41.9 Å². The summed E-state index contributed by atoms with van der Waals surface area (Å²) in [4.78, 5) is 31.1. The molecule has 1 aliphatic rings. The molecule has 0 aromatic heterocycles. The molecule has 1 fully saturated rings. The molecule has 1 aliphatic heterocycles. The first-order chi connectivity index (χ1) is 11.8. The number of nitrogens with one attached hydrogen (secondary N) is 2. The fourth-order valence-electron chi connectivity index (χ4n) is 2.29. The molecule has 150 valence electrons. The van der Waals surface area contributed by atoms with E-state index in [9.17, 15) is 9.59 Å². The van der Waals surface area contributed by atoms with E-state index in [2.05, 4.69) is 22.2 Å². The number of ether oxygens (including phenoxy) is 1. The highest BCUT2D eigenvalue weighted by Gasteiger charge is 2.24. The molecule has 0 bridgehead atoms. The summed E-state index contributed by atoms with van der Waals surface area (Å²) < 4.78 is 5.03. The van der Waals surface area contributed by atoms with Gasteiger partial charge in [0.15, 0.2) is 5.96 Å². The van der Waals surface area contributed by atoms with Crippen LogP contribution in [0.3, 0.4) is 0 Å². The molecule has 0 aromatic rings. The average molecular weight is 481 g/mol. The van der Waals surface area contributed by atoms with Crippen molar-refractivity contribution in [3.63, 3.8) is 0 Å². The molecular formula is C17H32IN5O3. The van der Waals surface area contributed by atoms with Crippen LogP contribution in [0.15, 0.2) is 17.1 Å². The second-order valence-electron chi connectivity index (χ2n) is 6.37. The number of nitrogens with zero attached hydrogens (tertiary/aromatic N) is 3. The van der Waals surface area contributed by atoms with Gasteiger partial charge >= 0.3 is 6.09 Å². The molecule has 1 saturated heterocycles. The second-order valence-corrected chi connectivity index (χ2v) is 6.37. The fraction of sp³-hybridized carbons (Fsp3) is 0.706. The van der Waals surface area contributed by atoms with Gasteiger partial charge in [-0.3, -0.25) is 4.79 Å². The summed E-state index contributed by atoms with van der Waals surface area (Å²) in [6, 6.07) is 0.191. The number of guanidine groups is 1. The first kappa shape index (κ1) is 24.5. The highest BCUT2D eigenvalue weighted by molar-refractivity contribution is 14.0. The maximum atomic E-state index is 11.7. The van der Waals surface area contributed by atoms with Crippen molar-refractivity contribution < 1.29 is 14.3 Å². The number of hydrogen-bond acceptors (Lipinski definition) is 4. The molecule has 2 N–H and O–H groups in total. The zero-order valence-electron chi connectivity index (χ0n) is 16.2. The van der Waals surface area contributed by atoms with Crippen molar-refractivity contribution in [3.8, 4) is 0 Å².